The lowest BCUT2D eigenvalue weighted by molar-refractivity contribution is 0.0167. The molecule has 4 heteroatoms. The van der Waals surface area contributed by atoms with Gasteiger partial charge in [0.15, 0.2) is 0 Å². The Morgan fingerprint density at radius 3 is 2.56 bits per heavy atom. The monoisotopic (exact) mass is 378 g/mol. The van der Waals surface area contributed by atoms with Crippen molar-refractivity contribution in [3.05, 3.63) is 21.9 Å². The first-order valence-electron chi connectivity index (χ1n) is 9.92. The Bertz CT molecular complexity index is 646. The van der Waals surface area contributed by atoms with Crippen molar-refractivity contribution in [3.63, 3.8) is 0 Å². The van der Waals surface area contributed by atoms with Crippen molar-refractivity contribution in [3.8, 4) is 0 Å². The highest BCUT2D eigenvalue weighted by atomic mass is 32.2. The fourth-order valence-electron chi connectivity index (χ4n) is 3.82. The molecule has 1 aliphatic rings. The average molecular weight is 379 g/mol. The molecule has 0 bridgehead atoms. The van der Waals surface area contributed by atoms with E-state index in [0.717, 1.165) is 23.6 Å². The topological polar surface area (TPSA) is 26.3 Å². The number of hydrogen-bond acceptors (Lipinski definition) is 4. The van der Waals surface area contributed by atoms with Crippen molar-refractivity contribution >= 4 is 38.0 Å². The largest absolute Gasteiger partial charge is 0.458 e. The van der Waals surface area contributed by atoms with Crippen LogP contribution in [0.5, 0.6) is 0 Å². The number of ether oxygens (including phenoxy) is 1. The fraction of sp³-hybridized carbons (Fsp3) is 0.667. The number of rotatable bonds is 8. The second-order valence-corrected chi connectivity index (χ2v) is 9.81. The number of fused-ring (bicyclic) bond motifs is 1. The lowest BCUT2D eigenvalue weighted by Crippen LogP contribution is -2.24. The van der Waals surface area contributed by atoms with E-state index in [4.69, 9.17) is 4.74 Å². The molecule has 1 aliphatic carbocycles. The molecule has 138 valence electrons. The highest BCUT2D eigenvalue weighted by Crippen LogP contribution is 2.35. The molecule has 0 radical (unpaired) electrons. The highest BCUT2D eigenvalue weighted by Gasteiger charge is 2.24. The van der Waals surface area contributed by atoms with Crippen LogP contribution in [0.25, 0.3) is 9.40 Å². The summed E-state index contributed by atoms with van der Waals surface area (Å²) in [7, 11) is 0. The Morgan fingerprint density at radius 1 is 1.08 bits per heavy atom. The molecule has 0 saturated heterocycles. The maximum absolute atomic E-state index is 12.5. The van der Waals surface area contributed by atoms with Crippen molar-refractivity contribution in [1.82, 2.24) is 0 Å². The van der Waals surface area contributed by atoms with Crippen molar-refractivity contribution < 1.29 is 9.53 Å². The van der Waals surface area contributed by atoms with E-state index in [2.05, 4.69) is 19.9 Å². The van der Waals surface area contributed by atoms with Gasteiger partial charge in [-0.1, -0.05) is 39.5 Å². The quantitative estimate of drug-likeness (QED) is 0.358. The molecular formula is C21H30O2S2. The smallest absolute Gasteiger partial charge is 0.348 e. The second-order valence-electron chi connectivity index (χ2n) is 7.36. The van der Waals surface area contributed by atoms with Crippen LogP contribution in [0, 0.1) is 5.92 Å². The van der Waals surface area contributed by atoms with Gasteiger partial charge in [0, 0.05) is 10.3 Å². The normalized spacial score (nSPS) is 20.9. The Balaban J connectivity index is 1.53. The molecule has 25 heavy (non-hydrogen) atoms. The van der Waals surface area contributed by atoms with Gasteiger partial charge < -0.3 is 4.74 Å². The highest BCUT2D eigenvalue weighted by molar-refractivity contribution is 7.39. The molecular weight excluding hydrogens is 348 g/mol. The molecule has 1 saturated carbocycles. The SMILES string of the molecule is CCCCCc1cc2cc(C(=O)OC3CCC(CCC)CC3)sc2s1. The molecule has 0 amide bonds. The van der Waals surface area contributed by atoms with Gasteiger partial charge in [-0.25, -0.2) is 4.79 Å². The van der Waals surface area contributed by atoms with Gasteiger partial charge >= 0.3 is 5.97 Å². The van der Waals surface area contributed by atoms with Crippen LogP contribution in [-0.4, -0.2) is 12.1 Å². The first-order valence-corrected chi connectivity index (χ1v) is 11.6. The number of unbranched alkanes of at least 4 members (excludes halogenated alkanes) is 2. The maximum Gasteiger partial charge on any atom is 0.348 e. The van der Waals surface area contributed by atoms with Gasteiger partial charge in [-0.15, -0.1) is 22.7 Å². The summed E-state index contributed by atoms with van der Waals surface area (Å²) in [6.07, 6.45) is 12.2. The zero-order chi connectivity index (χ0) is 17.6. The first kappa shape index (κ1) is 18.9. The van der Waals surface area contributed by atoms with Gasteiger partial charge in [-0.2, -0.15) is 0 Å². The third kappa shape index (κ3) is 5.07. The van der Waals surface area contributed by atoms with Crippen molar-refractivity contribution in [2.24, 2.45) is 5.92 Å². The second kappa shape index (κ2) is 9.18. The van der Waals surface area contributed by atoms with E-state index in [9.17, 15) is 4.79 Å². The summed E-state index contributed by atoms with van der Waals surface area (Å²) in [4.78, 5) is 14.7. The van der Waals surface area contributed by atoms with Crippen LogP contribution in [0.1, 0.15) is 86.2 Å². The molecule has 0 unspecified atom stereocenters. The molecule has 0 aromatic carbocycles. The fourth-order valence-corrected chi connectivity index (χ4v) is 6.24. The Morgan fingerprint density at radius 2 is 1.88 bits per heavy atom. The predicted molar refractivity (Wildman–Crippen MR) is 109 cm³/mol. The van der Waals surface area contributed by atoms with Crippen molar-refractivity contribution in [2.45, 2.75) is 84.2 Å². The van der Waals surface area contributed by atoms with E-state index in [1.165, 1.54) is 65.6 Å². The summed E-state index contributed by atoms with van der Waals surface area (Å²) < 4.78 is 7.06. The van der Waals surface area contributed by atoms with E-state index in [-0.39, 0.29) is 12.1 Å². The van der Waals surface area contributed by atoms with E-state index >= 15 is 0 Å². The summed E-state index contributed by atoms with van der Waals surface area (Å²) in [5, 5.41) is 1.22. The van der Waals surface area contributed by atoms with Gasteiger partial charge in [0.05, 0.1) is 4.01 Å². The van der Waals surface area contributed by atoms with Crippen LogP contribution < -0.4 is 0 Å². The van der Waals surface area contributed by atoms with Gasteiger partial charge in [0.1, 0.15) is 11.0 Å². The van der Waals surface area contributed by atoms with Crippen LogP contribution in [0.15, 0.2) is 12.1 Å². The molecule has 0 atom stereocenters. The van der Waals surface area contributed by atoms with E-state index in [1.807, 2.05) is 17.4 Å². The summed E-state index contributed by atoms with van der Waals surface area (Å²) in [6, 6.07) is 4.30. The summed E-state index contributed by atoms with van der Waals surface area (Å²) in [6.45, 7) is 4.49. The van der Waals surface area contributed by atoms with Crippen LogP contribution in [0.3, 0.4) is 0 Å². The van der Waals surface area contributed by atoms with E-state index in [0.29, 0.717) is 0 Å². The molecule has 3 rings (SSSR count). The standard InChI is InChI=1S/C21H30O2S2/c1-3-5-6-8-18-13-16-14-19(25-21(16)24-18)20(22)23-17-11-9-15(7-4-2)10-12-17/h13-15,17H,3-12H2,1-2H3. The molecule has 0 spiro atoms. The Kier molecular flexibility index (Phi) is 6.94. The predicted octanol–water partition coefficient (Wildman–Crippen LogP) is 7.21. The number of esters is 1. The Labute approximate surface area is 159 Å². The minimum atomic E-state index is -0.111. The molecule has 2 aromatic rings. The van der Waals surface area contributed by atoms with Crippen molar-refractivity contribution in [2.75, 3.05) is 0 Å². The maximum atomic E-state index is 12.5. The number of hydrogen-bond donors (Lipinski definition) is 0. The molecule has 1 fully saturated rings. The van der Waals surface area contributed by atoms with Gasteiger partial charge in [-0.3, -0.25) is 0 Å². The molecule has 2 nitrogen and oxygen atoms in total. The molecule has 2 aromatic heterocycles. The van der Waals surface area contributed by atoms with E-state index in [1.54, 1.807) is 11.3 Å². The molecule has 0 aliphatic heterocycles. The minimum Gasteiger partial charge on any atom is -0.458 e. The zero-order valence-electron chi connectivity index (χ0n) is 15.5. The zero-order valence-corrected chi connectivity index (χ0v) is 17.1. The third-order valence-corrected chi connectivity index (χ3v) is 7.69. The van der Waals surface area contributed by atoms with Crippen LogP contribution >= 0.6 is 22.7 Å². The number of carbonyl (C=O) groups is 1. The van der Waals surface area contributed by atoms with Gasteiger partial charge in [-0.05, 0) is 56.6 Å². The number of carbonyl (C=O) groups excluding carboxylic acids is 1. The number of thiophene rings is 2. The van der Waals surface area contributed by atoms with Crippen LogP contribution in [0.2, 0.25) is 0 Å². The van der Waals surface area contributed by atoms with Crippen LogP contribution in [0.4, 0.5) is 0 Å². The first-order chi connectivity index (χ1) is 12.2. The number of aryl methyl sites for hydroxylation is 1. The van der Waals surface area contributed by atoms with Crippen LogP contribution in [-0.2, 0) is 11.2 Å². The van der Waals surface area contributed by atoms with Gasteiger partial charge in [0.25, 0.3) is 0 Å². The third-order valence-electron chi connectivity index (χ3n) is 5.26. The lowest BCUT2D eigenvalue weighted by Gasteiger charge is -2.27. The minimum absolute atomic E-state index is 0.111. The van der Waals surface area contributed by atoms with Gasteiger partial charge in [0.2, 0.25) is 0 Å². The average Bonchev–Trinajstić information content (AvgIpc) is 3.16. The summed E-state index contributed by atoms with van der Waals surface area (Å²) in [5.41, 5.74) is 0. The lowest BCUT2D eigenvalue weighted by atomic mass is 9.85. The Hall–Kier alpha value is -0.870. The van der Waals surface area contributed by atoms with E-state index < -0.39 is 0 Å². The summed E-state index contributed by atoms with van der Waals surface area (Å²) in [5.74, 6) is 0.734. The van der Waals surface area contributed by atoms with Crippen molar-refractivity contribution in [1.29, 1.82) is 0 Å². The molecule has 2 heterocycles. The molecule has 0 N–H and O–H groups in total. The summed E-state index contributed by atoms with van der Waals surface area (Å²) >= 11 is 3.46.